The second kappa shape index (κ2) is 26.0. The van der Waals surface area contributed by atoms with Gasteiger partial charge in [0.05, 0.1) is 13.2 Å². The van der Waals surface area contributed by atoms with Gasteiger partial charge < -0.3 is 9.47 Å². The molecule has 0 aliphatic heterocycles. The Kier molecular flexibility index (Phi) is 25.2. The van der Waals surface area contributed by atoms with Crippen LogP contribution in [0.15, 0.2) is 0 Å². The van der Waals surface area contributed by atoms with E-state index in [4.69, 9.17) is 9.47 Å². The summed E-state index contributed by atoms with van der Waals surface area (Å²) < 4.78 is 10.7. The molecular formula is C31H60O4. The molecule has 0 unspecified atom stereocenters. The molecule has 0 rings (SSSR count). The third-order valence-electron chi connectivity index (χ3n) is 6.64. The van der Waals surface area contributed by atoms with Crippen molar-refractivity contribution in [1.82, 2.24) is 0 Å². The van der Waals surface area contributed by atoms with Crippen molar-refractivity contribution in [2.75, 3.05) is 13.2 Å². The summed E-state index contributed by atoms with van der Waals surface area (Å²) in [4.78, 5) is 23.5. The number of hydrogen-bond acceptors (Lipinski definition) is 4. The van der Waals surface area contributed by atoms with Crippen LogP contribution in [0.4, 0.5) is 0 Å². The Labute approximate surface area is 218 Å². The normalized spacial score (nSPS) is 11.4. The van der Waals surface area contributed by atoms with Crippen LogP contribution in [-0.2, 0) is 19.1 Å². The maximum absolute atomic E-state index is 11.8. The Balaban J connectivity index is 3.23. The van der Waals surface area contributed by atoms with Gasteiger partial charge >= 0.3 is 11.9 Å². The van der Waals surface area contributed by atoms with E-state index in [2.05, 4.69) is 27.7 Å². The summed E-state index contributed by atoms with van der Waals surface area (Å²) in [6.45, 7) is 10.2. The van der Waals surface area contributed by atoms with Crippen molar-refractivity contribution in [3.05, 3.63) is 0 Å². The predicted octanol–water partition coefficient (Wildman–Crippen LogP) is 9.58. The zero-order chi connectivity index (χ0) is 26.0. The molecule has 208 valence electrons. The van der Waals surface area contributed by atoms with Crippen molar-refractivity contribution in [1.29, 1.82) is 0 Å². The molecule has 0 aromatic heterocycles. The summed E-state index contributed by atoms with van der Waals surface area (Å²) in [5, 5.41) is 0. The van der Waals surface area contributed by atoms with Crippen LogP contribution in [0.2, 0.25) is 0 Å². The fourth-order valence-corrected chi connectivity index (χ4v) is 4.31. The molecule has 0 aliphatic rings. The molecule has 4 heteroatoms. The van der Waals surface area contributed by atoms with Crippen LogP contribution in [0, 0.1) is 11.8 Å². The molecule has 0 saturated heterocycles. The van der Waals surface area contributed by atoms with Gasteiger partial charge in [-0.15, -0.1) is 0 Å². The molecule has 0 radical (unpaired) electrons. The lowest BCUT2D eigenvalue weighted by molar-refractivity contribution is -0.144. The van der Waals surface area contributed by atoms with Crippen LogP contribution in [0.25, 0.3) is 0 Å². The van der Waals surface area contributed by atoms with Gasteiger partial charge in [-0.1, -0.05) is 124 Å². The van der Waals surface area contributed by atoms with E-state index < -0.39 is 0 Å². The van der Waals surface area contributed by atoms with Gasteiger partial charge in [-0.2, -0.15) is 0 Å². The number of unbranched alkanes of at least 4 members (excludes halogenated alkanes) is 14. The fraction of sp³-hybridized carbons (Fsp3) is 0.935. The molecule has 0 aliphatic carbocycles. The van der Waals surface area contributed by atoms with Crippen molar-refractivity contribution in [3.63, 3.8) is 0 Å². The molecule has 0 saturated carbocycles. The van der Waals surface area contributed by atoms with Crippen LogP contribution < -0.4 is 0 Å². The molecule has 0 aromatic rings. The van der Waals surface area contributed by atoms with Crippen LogP contribution in [0.5, 0.6) is 0 Å². The second-order valence-corrected chi connectivity index (χ2v) is 11.3. The minimum atomic E-state index is -0.0146. The zero-order valence-electron chi connectivity index (χ0n) is 24.1. The number of carbonyl (C=O) groups excluding carboxylic acids is 2. The predicted molar refractivity (Wildman–Crippen MR) is 149 cm³/mol. The van der Waals surface area contributed by atoms with Gasteiger partial charge in [-0.3, -0.25) is 9.59 Å². The maximum atomic E-state index is 11.8. The molecule has 35 heavy (non-hydrogen) atoms. The Morgan fingerprint density at radius 1 is 0.429 bits per heavy atom. The van der Waals surface area contributed by atoms with Crippen molar-refractivity contribution >= 4 is 11.9 Å². The molecule has 0 spiro atoms. The zero-order valence-corrected chi connectivity index (χ0v) is 24.1. The first kappa shape index (κ1) is 33.9. The van der Waals surface area contributed by atoms with E-state index in [1.165, 1.54) is 83.5 Å². The van der Waals surface area contributed by atoms with Gasteiger partial charge in [0.25, 0.3) is 0 Å². The van der Waals surface area contributed by atoms with E-state index >= 15 is 0 Å². The lowest BCUT2D eigenvalue weighted by Gasteiger charge is -2.06. The maximum Gasteiger partial charge on any atom is 0.305 e. The Hall–Kier alpha value is -1.06. The summed E-state index contributed by atoms with van der Waals surface area (Å²) in [5.41, 5.74) is 0. The lowest BCUT2D eigenvalue weighted by atomic mass is 10.0. The Morgan fingerprint density at radius 2 is 0.714 bits per heavy atom. The number of esters is 2. The molecule has 0 atom stereocenters. The minimum absolute atomic E-state index is 0.0146. The molecular weight excluding hydrogens is 436 g/mol. The monoisotopic (exact) mass is 496 g/mol. The van der Waals surface area contributed by atoms with Gasteiger partial charge in [-0.05, 0) is 37.5 Å². The van der Waals surface area contributed by atoms with Gasteiger partial charge in [0.15, 0.2) is 0 Å². The first-order chi connectivity index (χ1) is 16.9. The molecule has 0 heterocycles. The topological polar surface area (TPSA) is 52.6 Å². The lowest BCUT2D eigenvalue weighted by Crippen LogP contribution is -2.05. The molecule has 4 nitrogen and oxygen atoms in total. The highest BCUT2D eigenvalue weighted by Crippen LogP contribution is 2.14. The summed E-state index contributed by atoms with van der Waals surface area (Å²) in [7, 11) is 0. The second-order valence-electron chi connectivity index (χ2n) is 11.3. The Morgan fingerprint density at radius 3 is 1.03 bits per heavy atom. The van der Waals surface area contributed by atoms with Crippen molar-refractivity contribution in [2.24, 2.45) is 11.8 Å². The van der Waals surface area contributed by atoms with Gasteiger partial charge in [0.2, 0.25) is 0 Å². The number of rotatable bonds is 26. The highest BCUT2D eigenvalue weighted by Gasteiger charge is 2.04. The van der Waals surface area contributed by atoms with Crippen LogP contribution in [-0.4, -0.2) is 25.2 Å². The highest BCUT2D eigenvalue weighted by molar-refractivity contribution is 5.69. The molecule has 0 aromatic carbocycles. The summed E-state index contributed by atoms with van der Waals surface area (Å²) in [6, 6.07) is 0. The first-order valence-corrected chi connectivity index (χ1v) is 15.2. The molecule has 0 fully saturated rings. The highest BCUT2D eigenvalue weighted by atomic mass is 16.5. The summed E-state index contributed by atoms with van der Waals surface area (Å²) >= 11 is 0. The van der Waals surface area contributed by atoms with Crippen LogP contribution in [0.3, 0.4) is 0 Å². The number of ether oxygens (including phenoxy) is 2. The van der Waals surface area contributed by atoms with E-state index in [0.717, 1.165) is 50.4 Å². The summed E-state index contributed by atoms with van der Waals surface area (Å²) in [6.07, 6.45) is 23.6. The SMILES string of the molecule is CC(C)CCCCCOC(=O)CCCCCCCCCCCCCC(=O)OCCCCCC(C)C. The molecule has 0 amide bonds. The first-order valence-electron chi connectivity index (χ1n) is 15.2. The average Bonchev–Trinajstić information content (AvgIpc) is 2.81. The minimum Gasteiger partial charge on any atom is -0.466 e. The van der Waals surface area contributed by atoms with E-state index in [-0.39, 0.29) is 11.9 Å². The van der Waals surface area contributed by atoms with Crippen LogP contribution >= 0.6 is 0 Å². The number of hydrogen-bond donors (Lipinski definition) is 0. The third kappa shape index (κ3) is 29.1. The van der Waals surface area contributed by atoms with E-state index in [9.17, 15) is 9.59 Å². The van der Waals surface area contributed by atoms with E-state index in [0.29, 0.717) is 26.1 Å². The van der Waals surface area contributed by atoms with Crippen molar-refractivity contribution in [3.8, 4) is 0 Å². The van der Waals surface area contributed by atoms with Crippen molar-refractivity contribution < 1.29 is 19.1 Å². The largest absolute Gasteiger partial charge is 0.466 e. The quantitative estimate of drug-likeness (QED) is 0.0883. The average molecular weight is 497 g/mol. The standard InChI is InChI=1S/C31H60O4/c1-28(2)22-16-14-20-26-34-30(32)24-18-12-10-8-6-5-7-9-11-13-19-25-31(33)35-27-21-15-17-23-29(3)4/h28-29H,5-27H2,1-4H3. The molecule has 0 N–H and O–H groups in total. The smallest absolute Gasteiger partial charge is 0.305 e. The Bertz CT molecular complexity index is 431. The number of carbonyl (C=O) groups is 2. The third-order valence-corrected chi connectivity index (χ3v) is 6.64. The van der Waals surface area contributed by atoms with Gasteiger partial charge in [-0.25, -0.2) is 0 Å². The van der Waals surface area contributed by atoms with Gasteiger partial charge in [0, 0.05) is 12.8 Å². The van der Waals surface area contributed by atoms with Gasteiger partial charge in [0.1, 0.15) is 0 Å². The fourth-order valence-electron chi connectivity index (χ4n) is 4.31. The van der Waals surface area contributed by atoms with Crippen molar-refractivity contribution in [2.45, 2.75) is 163 Å². The summed E-state index contributed by atoms with van der Waals surface area (Å²) in [5.74, 6) is 1.51. The van der Waals surface area contributed by atoms with Crippen LogP contribution in [0.1, 0.15) is 163 Å². The van der Waals surface area contributed by atoms with E-state index in [1.807, 2.05) is 0 Å². The molecule has 0 bridgehead atoms. The van der Waals surface area contributed by atoms with E-state index in [1.54, 1.807) is 0 Å².